The summed E-state index contributed by atoms with van der Waals surface area (Å²) in [7, 11) is 0. The van der Waals surface area contributed by atoms with E-state index in [1.807, 2.05) is 0 Å². The molecule has 2 rings (SSSR count). The standard InChI is InChI=1S/C18H20N6O4/c19-18(20)23-13-5-1-3-11(7-13)17(28)22-10-15(25)24-14(8-16(26)27)12-4-2-6-21-9-12/h1-7,9,14H,8,10H2,(H,22,28)(H,24,25)(H,26,27)(H4,19,20,23). The van der Waals surface area contributed by atoms with Crippen LogP contribution in [-0.2, 0) is 9.59 Å². The number of carboxylic acid groups (broad SMARTS) is 1. The van der Waals surface area contributed by atoms with Crippen molar-refractivity contribution in [2.24, 2.45) is 16.5 Å². The minimum absolute atomic E-state index is 0.142. The summed E-state index contributed by atoms with van der Waals surface area (Å²) in [6, 6.07) is 8.77. The molecule has 10 heteroatoms. The van der Waals surface area contributed by atoms with Crippen molar-refractivity contribution in [3.05, 3.63) is 59.9 Å². The lowest BCUT2D eigenvalue weighted by molar-refractivity contribution is -0.137. The van der Waals surface area contributed by atoms with Crippen molar-refractivity contribution in [3.63, 3.8) is 0 Å². The number of amides is 2. The second-order valence-electron chi connectivity index (χ2n) is 5.77. The number of carbonyl (C=O) groups is 3. The summed E-state index contributed by atoms with van der Waals surface area (Å²) in [5.41, 5.74) is 11.8. The van der Waals surface area contributed by atoms with Crippen molar-refractivity contribution in [2.45, 2.75) is 12.5 Å². The number of carboxylic acids is 1. The first-order chi connectivity index (χ1) is 13.3. The number of benzene rings is 1. The van der Waals surface area contributed by atoms with Crippen LogP contribution in [0.1, 0.15) is 28.4 Å². The molecule has 1 unspecified atom stereocenters. The molecule has 1 aromatic heterocycles. The van der Waals surface area contributed by atoms with Crippen molar-refractivity contribution in [1.82, 2.24) is 15.6 Å². The molecule has 0 aliphatic carbocycles. The molecule has 1 heterocycles. The molecular formula is C18H20N6O4. The van der Waals surface area contributed by atoms with Crippen LogP contribution >= 0.6 is 0 Å². The van der Waals surface area contributed by atoms with Crippen LogP contribution in [0.15, 0.2) is 53.8 Å². The number of guanidine groups is 1. The van der Waals surface area contributed by atoms with Crippen LogP contribution in [0.5, 0.6) is 0 Å². The van der Waals surface area contributed by atoms with E-state index in [-0.39, 0.29) is 24.5 Å². The Morgan fingerprint density at radius 2 is 1.96 bits per heavy atom. The quantitative estimate of drug-likeness (QED) is 0.316. The monoisotopic (exact) mass is 384 g/mol. The molecule has 0 aliphatic rings. The molecule has 28 heavy (non-hydrogen) atoms. The van der Waals surface area contributed by atoms with Crippen molar-refractivity contribution in [2.75, 3.05) is 6.54 Å². The Hall–Kier alpha value is -3.95. The maximum Gasteiger partial charge on any atom is 0.305 e. The van der Waals surface area contributed by atoms with Gasteiger partial charge in [-0.3, -0.25) is 19.4 Å². The zero-order valence-electron chi connectivity index (χ0n) is 14.8. The molecular weight excluding hydrogens is 364 g/mol. The second kappa shape index (κ2) is 9.67. The van der Waals surface area contributed by atoms with Crippen LogP contribution in [0.25, 0.3) is 0 Å². The summed E-state index contributed by atoms with van der Waals surface area (Å²) in [6.45, 7) is -0.332. The highest BCUT2D eigenvalue weighted by atomic mass is 16.4. The topological polar surface area (TPSA) is 173 Å². The molecule has 0 radical (unpaired) electrons. The number of pyridine rings is 1. The van der Waals surface area contributed by atoms with Gasteiger partial charge in [0.1, 0.15) is 0 Å². The Kier molecular flexibility index (Phi) is 7.03. The minimum Gasteiger partial charge on any atom is -0.481 e. The third kappa shape index (κ3) is 6.41. The highest BCUT2D eigenvalue weighted by Crippen LogP contribution is 2.16. The van der Waals surface area contributed by atoms with Crippen molar-refractivity contribution in [1.29, 1.82) is 0 Å². The second-order valence-corrected chi connectivity index (χ2v) is 5.77. The summed E-state index contributed by atoms with van der Waals surface area (Å²) in [5, 5.41) is 14.1. The van der Waals surface area contributed by atoms with E-state index in [1.165, 1.54) is 12.3 Å². The summed E-state index contributed by atoms with van der Waals surface area (Å²) < 4.78 is 0. The molecule has 2 amide bonds. The molecule has 2 aromatic rings. The lowest BCUT2D eigenvalue weighted by atomic mass is 10.1. The highest BCUT2D eigenvalue weighted by molar-refractivity contribution is 5.97. The first-order valence-corrected chi connectivity index (χ1v) is 8.24. The van der Waals surface area contributed by atoms with Crippen LogP contribution in [0.3, 0.4) is 0 Å². The lowest BCUT2D eigenvalue weighted by Gasteiger charge is -2.17. The van der Waals surface area contributed by atoms with Gasteiger partial charge in [-0.05, 0) is 29.8 Å². The van der Waals surface area contributed by atoms with Gasteiger partial charge in [-0.1, -0.05) is 12.1 Å². The Bertz CT molecular complexity index is 881. The van der Waals surface area contributed by atoms with Gasteiger partial charge in [0, 0.05) is 18.0 Å². The number of nitrogens with two attached hydrogens (primary N) is 2. The predicted octanol–water partition coefficient (Wildman–Crippen LogP) is 0.0485. The predicted molar refractivity (Wildman–Crippen MR) is 102 cm³/mol. The number of hydrogen-bond acceptors (Lipinski definition) is 5. The minimum atomic E-state index is -1.07. The number of aliphatic imine (C=N–C) groups is 1. The fraction of sp³-hybridized carbons (Fsp3) is 0.167. The molecule has 0 aliphatic heterocycles. The maximum absolute atomic E-state index is 12.2. The number of nitrogens with one attached hydrogen (secondary N) is 2. The SMILES string of the molecule is NC(N)=Nc1cccc(C(=O)NCC(=O)NC(CC(=O)O)c2cccnc2)c1. The zero-order chi connectivity index (χ0) is 20.5. The molecule has 7 N–H and O–H groups in total. The number of rotatable bonds is 8. The van der Waals surface area contributed by atoms with Crippen molar-refractivity contribution in [3.8, 4) is 0 Å². The van der Waals surface area contributed by atoms with Gasteiger partial charge < -0.3 is 27.2 Å². The molecule has 10 nitrogen and oxygen atoms in total. The summed E-state index contributed by atoms with van der Waals surface area (Å²) in [6.07, 6.45) is 2.70. The van der Waals surface area contributed by atoms with E-state index in [9.17, 15) is 14.4 Å². The summed E-state index contributed by atoms with van der Waals surface area (Å²) in [5.74, 6) is -2.26. The summed E-state index contributed by atoms with van der Waals surface area (Å²) >= 11 is 0. The van der Waals surface area contributed by atoms with Crippen LogP contribution in [0.2, 0.25) is 0 Å². The molecule has 0 saturated carbocycles. The van der Waals surface area contributed by atoms with E-state index in [4.69, 9.17) is 16.6 Å². The molecule has 146 valence electrons. The van der Waals surface area contributed by atoms with Gasteiger partial charge in [-0.15, -0.1) is 0 Å². The molecule has 1 atom stereocenters. The van der Waals surface area contributed by atoms with E-state index in [0.29, 0.717) is 11.3 Å². The first-order valence-electron chi connectivity index (χ1n) is 8.24. The van der Waals surface area contributed by atoms with Gasteiger partial charge >= 0.3 is 5.97 Å². The maximum atomic E-state index is 12.2. The fourth-order valence-electron chi connectivity index (χ4n) is 2.38. The third-order valence-electron chi connectivity index (χ3n) is 3.58. The van der Waals surface area contributed by atoms with Crippen molar-refractivity contribution >= 4 is 29.4 Å². The van der Waals surface area contributed by atoms with Gasteiger partial charge in [0.15, 0.2) is 5.96 Å². The van der Waals surface area contributed by atoms with E-state index >= 15 is 0 Å². The number of aliphatic carboxylic acids is 1. The Labute approximate surface area is 160 Å². The molecule has 0 fully saturated rings. The number of nitrogens with zero attached hydrogens (tertiary/aromatic N) is 2. The van der Waals surface area contributed by atoms with Crippen LogP contribution in [0.4, 0.5) is 5.69 Å². The average molecular weight is 384 g/mol. The zero-order valence-corrected chi connectivity index (χ0v) is 14.8. The van der Waals surface area contributed by atoms with Crippen LogP contribution in [0, 0.1) is 0 Å². The third-order valence-corrected chi connectivity index (χ3v) is 3.58. The highest BCUT2D eigenvalue weighted by Gasteiger charge is 2.18. The molecule has 1 aromatic carbocycles. The number of carbonyl (C=O) groups excluding carboxylic acids is 2. The van der Waals surface area contributed by atoms with Gasteiger partial charge in [0.05, 0.1) is 24.7 Å². The van der Waals surface area contributed by atoms with Gasteiger partial charge in [0.25, 0.3) is 5.91 Å². The number of aromatic nitrogens is 1. The smallest absolute Gasteiger partial charge is 0.305 e. The van der Waals surface area contributed by atoms with E-state index in [1.54, 1.807) is 36.5 Å². The summed E-state index contributed by atoms with van der Waals surface area (Å²) in [4.78, 5) is 43.2. The molecule has 0 saturated heterocycles. The van der Waals surface area contributed by atoms with Crippen LogP contribution < -0.4 is 22.1 Å². The largest absolute Gasteiger partial charge is 0.481 e. The van der Waals surface area contributed by atoms with Gasteiger partial charge in [-0.2, -0.15) is 0 Å². The average Bonchev–Trinajstić information content (AvgIpc) is 2.65. The molecule has 0 spiro atoms. The first kappa shape index (κ1) is 20.4. The van der Waals surface area contributed by atoms with E-state index in [2.05, 4.69) is 20.6 Å². The molecule has 0 bridgehead atoms. The van der Waals surface area contributed by atoms with Gasteiger partial charge in [-0.25, -0.2) is 4.99 Å². The Balaban J connectivity index is 1.97. The normalized spacial score (nSPS) is 11.1. The van der Waals surface area contributed by atoms with E-state index in [0.717, 1.165) is 0 Å². The number of hydrogen-bond donors (Lipinski definition) is 5. The van der Waals surface area contributed by atoms with Gasteiger partial charge in [0.2, 0.25) is 5.91 Å². The van der Waals surface area contributed by atoms with E-state index < -0.39 is 23.8 Å². The Morgan fingerprint density at radius 1 is 1.18 bits per heavy atom. The fourth-order valence-corrected chi connectivity index (χ4v) is 2.38. The Morgan fingerprint density at radius 3 is 2.61 bits per heavy atom. The van der Waals surface area contributed by atoms with Crippen molar-refractivity contribution < 1.29 is 19.5 Å². The van der Waals surface area contributed by atoms with Crippen LogP contribution in [-0.4, -0.2) is 40.4 Å². The lowest BCUT2D eigenvalue weighted by Crippen LogP contribution is -2.39.